The lowest BCUT2D eigenvalue weighted by atomic mass is 10.0. The summed E-state index contributed by atoms with van der Waals surface area (Å²) in [5, 5.41) is 6.88. The third-order valence-electron chi connectivity index (χ3n) is 4.35. The molecule has 2 aromatic carbocycles. The summed E-state index contributed by atoms with van der Waals surface area (Å²) in [7, 11) is 0. The first-order valence-electron chi connectivity index (χ1n) is 8.91. The van der Waals surface area contributed by atoms with E-state index in [1.54, 1.807) is 24.5 Å². The molecule has 1 atom stereocenters. The smallest absolute Gasteiger partial charge is 0.251 e. The first-order chi connectivity index (χ1) is 13.7. The van der Waals surface area contributed by atoms with Gasteiger partial charge in [0.2, 0.25) is 11.7 Å². The zero-order valence-electron chi connectivity index (χ0n) is 15.2. The average Bonchev–Trinajstić information content (AvgIpc) is 3.26. The van der Waals surface area contributed by atoms with Gasteiger partial charge in [-0.25, -0.2) is 0 Å². The van der Waals surface area contributed by atoms with Gasteiger partial charge in [0.25, 0.3) is 5.91 Å². The molecule has 0 aliphatic carbocycles. The Labute approximate surface area is 162 Å². The molecule has 1 unspecified atom stereocenters. The highest BCUT2D eigenvalue weighted by molar-refractivity contribution is 5.94. The van der Waals surface area contributed by atoms with E-state index < -0.39 is 6.04 Å². The van der Waals surface area contributed by atoms with Crippen molar-refractivity contribution in [3.8, 4) is 22.5 Å². The van der Waals surface area contributed by atoms with Crippen LogP contribution in [0.2, 0.25) is 0 Å². The van der Waals surface area contributed by atoms with E-state index in [4.69, 9.17) is 4.52 Å². The van der Waals surface area contributed by atoms with Crippen LogP contribution in [0.4, 0.5) is 0 Å². The monoisotopic (exact) mass is 370 g/mol. The maximum Gasteiger partial charge on any atom is 0.251 e. The third-order valence-corrected chi connectivity index (χ3v) is 4.35. The lowest BCUT2D eigenvalue weighted by Gasteiger charge is -2.10. The number of hydrogen-bond donors (Lipinski definition) is 1. The molecule has 138 valence electrons. The van der Waals surface area contributed by atoms with Crippen molar-refractivity contribution in [3.63, 3.8) is 0 Å². The number of pyridine rings is 1. The molecule has 6 heteroatoms. The summed E-state index contributed by atoms with van der Waals surface area (Å²) < 4.78 is 5.31. The number of benzene rings is 2. The average molecular weight is 370 g/mol. The van der Waals surface area contributed by atoms with Crippen LogP contribution in [0.15, 0.2) is 83.6 Å². The van der Waals surface area contributed by atoms with Crippen LogP contribution < -0.4 is 5.32 Å². The molecule has 0 spiro atoms. The molecule has 4 aromatic rings. The standard InChI is InChI=1S/C22H18N4O2/c1-15(22-25-20(26-28-22)18-5-3-2-4-6-18)24-21(27)19-9-7-16(8-10-19)17-11-13-23-14-12-17/h2-15H,1H3,(H,24,27). The lowest BCUT2D eigenvalue weighted by molar-refractivity contribution is 0.0932. The largest absolute Gasteiger partial charge is 0.341 e. The van der Waals surface area contributed by atoms with E-state index in [2.05, 4.69) is 20.4 Å². The zero-order chi connectivity index (χ0) is 19.3. The van der Waals surface area contributed by atoms with Gasteiger partial charge in [0.05, 0.1) is 0 Å². The van der Waals surface area contributed by atoms with Crippen LogP contribution in [-0.2, 0) is 0 Å². The van der Waals surface area contributed by atoms with Gasteiger partial charge in [0, 0.05) is 23.5 Å². The number of aromatic nitrogens is 3. The van der Waals surface area contributed by atoms with Crippen molar-refractivity contribution in [2.45, 2.75) is 13.0 Å². The van der Waals surface area contributed by atoms with Crippen molar-refractivity contribution in [1.82, 2.24) is 20.4 Å². The van der Waals surface area contributed by atoms with E-state index in [0.29, 0.717) is 17.3 Å². The van der Waals surface area contributed by atoms with Crippen LogP contribution in [-0.4, -0.2) is 21.0 Å². The van der Waals surface area contributed by atoms with Crippen molar-refractivity contribution < 1.29 is 9.32 Å². The Hall–Kier alpha value is -3.80. The fourth-order valence-corrected chi connectivity index (χ4v) is 2.82. The van der Waals surface area contributed by atoms with Crippen molar-refractivity contribution in [3.05, 3.63) is 90.6 Å². The molecular weight excluding hydrogens is 352 g/mol. The number of carbonyl (C=O) groups excluding carboxylic acids is 1. The normalized spacial score (nSPS) is 11.8. The Kier molecular flexibility index (Phi) is 4.93. The molecule has 28 heavy (non-hydrogen) atoms. The number of carbonyl (C=O) groups is 1. The van der Waals surface area contributed by atoms with E-state index in [1.807, 2.05) is 61.5 Å². The van der Waals surface area contributed by atoms with Gasteiger partial charge < -0.3 is 9.84 Å². The molecule has 0 aliphatic rings. The number of hydrogen-bond acceptors (Lipinski definition) is 5. The summed E-state index contributed by atoms with van der Waals surface area (Å²) in [4.78, 5) is 20.9. The molecule has 2 heterocycles. The second-order valence-corrected chi connectivity index (χ2v) is 6.33. The van der Waals surface area contributed by atoms with Crippen LogP contribution in [0.5, 0.6) is 0 Å². The molecule has 6 nitrogen and oxygen atoms in total. The van der Waals surface area contributed by atoms with Crippen LogP contribution in [0, 0.1) is 0 Å². The van der Waals surface area contributed by atoms with Crippen molar-refractivity contribution in [2.75, 3.05) is 0 Å². The van der Waals surface area contributed by atoms with Gasteiger partial charge in [-0.05, 0) is 42.3 Å². The minimum Gasteiger partial charge on any atom is -0.341 e. The maximum absolute atomic E-state index is 12.5. The Bertz CT molecular complexity index is 1060. The van der Waals surface area contributed by atoms with Crippen molar-refractivity contribution >= 4 is 5.91 Å². The Morgan fingerprint density at radius 1 is 0.893 bits per heavy atom. The SMILES string of the molecule is CC(NC(=O)c1ccc(-c2ccncc2)cc1)c1nc(-c2ccccc2)no1. The van der Waals surface area contributed by atoms with Gasteiger partial charge in [-0.15, -0.1) is 0 Å². The van der Waals surface area contributed by atoms with Gasteiger partial charge in [0.15, 0.2) is 0 Å². The Morgan fingerprint density at radius 2 is 1.57 bits per heavy atom. The Morgan fingerprint density at radius 3 is 2.29 bits per heavy atom. The highest BCUT2D eigenvalue weighted by Crippen LogP contribution is 2.20. The lowest BCUT2D eigenvalue weighted by Crippen LogP contribution is -2.26. The molecular formula is C22H18N4O2. The second-order valence-electron chi connectivity index (χ2n) is 6.33. The van der Waals surface area contributed by atoms with Crippen molar-refractivity contribution in [2.24, 2.45) is 0 Å². The number of rotatable bonds is 5. The van der Waals surface area contributed by atoms with Gasteiger partial charge in [-0.1, -0.05) is 47.6 Å². The summed E-state index contributed by atoms with van der Waals surface area (Å²) in [6.45, 7) is 1.81. The van der Waals surface area contributed by atoms with Crippen LogP contribution in [0.3, 0.4) is 0 Å². The summed E-state index contributed by atoms with van der Waals surface area (Å²) >= 11 is 0. The van der Waals surface area contributed by atoms with Crippen LogP contribution in [0.25, 0.3) is 22.5 Å². The maximum atomic E-state index is 12.5. The first kappa shape index (κ1) is 17.6. The fraction of sp³-hybridized carbons (Fsp3) is 0.0909. The fourth-order valence-electron chi connectivity index (χ4n) is 2.82. The van der Waals surface area contributed by atoms with E-state index in [1.165, 1.54) is 0 Å². The molecule has 0 saturated heterocycles. The summed E-state index contributed by atoms with van der Waals surface area (Å²) in [5.74, 6) is 0.659. The molecule has 1 N–H and O–H groups in total. The van der Waals surface area contributed by atoms with Gasteiger partial charge >= 0.3 is 0 Å². The number of amides is 1. The molecule has 0 fully saturated rings. The minimum atomic E-state index is -0.405. The van der Waals surface area contributed by atoms with E-state index in [9.17, 15) is 4.79 Å². The summed E-state index contributed by atoms with van der Waals surface area (Å²) in [6.07, 6.45) is 3.48. The Balaban J connectivity index is 1.44. The molecule has 0 radical (unpaired) electrons. The van der Waals surface area contributed by atoms with Gasteiger partial charge in [0.1, 0.15) is 6.04 Å². The topological polar surface area (TPSA) is 80.9 Å². The minimum absolute atomic E-state index is 0.201. The first-order valence-corrected chi connectivity index (χ1v) is 8.91. The predicted octanol–water partition coefficient (Wildman–Crippen LogP) is 4.29. The molecule has 2 aromatic heterocycles. The van der Waals surface area contributed by atoms with E-state index in [-0.39, 0.29) is 5.91 Å². The van der Waals surface area contributed by atoms with Gasteiger partial charge in [-0.3, -0.25) is 9.78 Å². The highest BCUT2D eigenvalue weighted by atomic mass is 16.5. The molecule has 0 bridgehead atoms. The summed E-state index contributed by atoms with van der Waals surface area (Å²) in [6, 6.07) is 20.4. The molecule has 0 aliphatic heterocycles. The molecule has 1 amide bonds. The van der Waals surface area contributed by atoms with E-state index >= 15 is 0 Å². The van der Waals surface area contributed by atoms with E-state index in [0.717, 1.165) is 16.7 Å². The molecule has 4 rings (SSSR count). The third kappa shape index (κ3) is 3.81. The summed E-state index contributed by atoms with van der Waals surface area (Å²) in [5.41, 5.74) is 3.50. The number of nitrogens with zero attached hydrogens (tertiary/aromatic N) is 3. The quantitative estimate of drug-likeness (QED) is 0.567. The number of nitrogens with one attached hydrogen (secondary N) is 1. The zero-order valence-corrected chi connectivity index (χ0v) is 15.2. The van der Waals surface area contributed by atoms with Crippen molar-refractivity contribution in [1.29, 1.82) is 0 Å². The van der Waals surface area contributed by atoms with Gasteiger partial charge in [-0.2, -0.15) is 4.98 Å². The predicted molar refractivity (Wildman–Crippen MR) is 105 cm³/mol. The highest BCUT2D eigenvalue weighted by Gasteiger charge is 2.18. The molecule has 0 saturated carbocycles. The van der Waals surface area contributed by atoms with Crippen LogP contribution in [0.1, 0.15) is 29.2 Å². The second kappa shape index (κ2) is 7.84. The van der Waals surface area contributed by atoms with Crippen LogP contribution >= 0.6 is 0 Å².